The van der Waals surface area contributed by atoms with Crippen LogP contribution in [-0.4, -0.2) is 9.97 Å². The second kappa shape index (κ2) is 14.4. The van der Waals surface area contributed by atoms with Crippen molar-refractivity contribution in [2.75, 3.05) is 4.90 Å². The maximum Gasteiger partial charge on any atom is 0.0973 e. The van der Waals surface area contributed by atoms with E-state index in [1.54, 1.807) is 0 Å². The molecule has 1 aromatic heterocycles. The van der Waals surface area contributed by atoms with Crippen molar-refractivity contribution in [3.63, 3.8) is 0 Å². The Morgan fingerprint density at radius 1 is 0.333 bits per heavy atom. The molecule has 0 saturated carbocycles. The maximum atomic E-state index is 5.22. The van der Waals surface area contributed by atoms with Crippen LogP contribution in [0.5, 0.6) is 0 Å². The lowest BCUT2D eigenvalue weighted by atomic mass is 9.68. The van der Waals surface area contributed by atoms with Crippen molar-refractivity contribution in [2.45, 2.75) is 24.7 Å². The number of aromatic nitrogens is 2. The largest absolute Gasteiger partial charge is 0.310 e. The van der Waals surface area contributed by atoms with Crippen molar-refractivity contribution in [2.24, 2.45) is 0 Å². The van der Waals surface area contributed by atoms with Crippen molar-refractivity contribution in [1.82, 2.24) is 9.97 Å². The van der Waals surface area contributed by atoms with Gasteiger partial charge in [-0.1, -0.05) is 190 Å². The number of para-hydroxylation sites is 2. The molecule has 0 saturated heterocycles. The Morgan fingerprint density at radius 2 is 0.746 bits per heavy atom. The van der Waals surface area contributed by atoms with E-state index in [-0.39, 0.29) is 5.41 Å². The standard InChI is InChI=1S/C60H43N3/c1-59(2)51-24-12-9-23-49(51)50-39-46(37-38-52(50)59)63(44-33-29-41(30-34-44)58-57(40-17-5-3-6-18-40)61-55-27-15-16-28-56(55)62-58)45-35-31-43(32-36-45)60(42-19-7-4-8-20-42)53-25-13-10-21-47(53)48-22-11-14-26-54(48)60/h3-39H,1-2H3. The molecule has 9 aromatic carbocycles. The SMILES string of the molecule is CC1(C)c2ccccc2-c2cc(N(c3ccc(-c4nc5ccccc5nc4-c4ccccc4)cc3)c3ccc(C4(c5ccccc5)c5ccccc5-c5ccccc54)cc3)ccc21. The third-order valence-corrected chi connectivity index (χ3v) is 13.6. The summed E-state index contributed by atoms with van der Waals surface area (Å²) in [4.78, 5) is 12.8. The van der Waals surface area contributed by atoms with Gasteiger partial charge in [-0.05, 0) is 104 Å². The molecule has 298 valence electrons. The van der Waals surface area contributed by atoms with Crippen molar-refractivity contribution in [1.29, 1.82) is 0 Å². The smallest absolute Gasteiger partial charge is 0.0973 e. The van der Waals surface area contributed by atoms with Crippen LogP contribution in [0.2, 0.25) is 0 Å². The molecule has 0 bridgehead atoms. The van der Waals surface area contributed by atoms with E-state index in [0.717, 1.165) is 50.6 Å². The van der Waals surface area contributed by atoms with Gasteiger partial charge in [0, 0.05) is 33.6 Å². The number of anilines is 3. The van der Waals surface area contributed by atoms with E-state index in [2.05, 4.69) is 213 Å². The third-order valence-electron chi connectivity index (χ3n) is 13.6. The molecule has 63 heavy (non-hydrogen) atoms. The van der Waals surface area contributed by atoms with Crippen molar-refractivity contribution in [3.8, 4) is 44.8 Å². The Morgan fingerprint density at radius 3 is 1.33 bits per heavy atom. The van der Waals surface area contributed by atoms with Gasteiger partial charge in [0.1, 0.15) is 0 Å². The maximum absolute atomic E-state index is 5.22. The molecule has 0 aliphatic heterocycles. The van der Waals surface area contributed by atoms with Gasteiger partial charge in [0.05, 0.1) is 27.8 Å². The summed E-state index contributed by atoms with van der Waals surface area (Å²) in [7, 11) is 0. The van der Waals surface area contributed by atoms with Crippen LogP contribution in [0.25, 0.3) is 55.8 Å². The van der Waals surface area contributed by atoms with E-state index in [9.17, 15) is 0 Å². The molecule has 0 atom stereocenters. The molecule has 1 heterocycles. The van der Waals surface area contributed by atoms with Gasteiger partial charge in [-0.2, -0.15) is 0 Å². The molecule has 2 aliphatic carbocycles. The van der Waals surface area contributed by atoms with Crippen molar-refractivity contribution in [3.05, 3.63) is 258 Å². The number of hydrogen-bond donors (Lipinski definition) is 0. The highest BCUT2D eigenvalue weighted by Gasteiger charge is 2.46. The molecular formula is C60H43N3. The molecule has 10 aromatic rings. The highest BCUT2D eigenvalue weighted by molar-refractivity contribution is 5.90. The summed E-state index contributed by atoms with van der Waals surface area (Å²) in [6.07, 6.45) is 0. The molecule has 0 radical (unpaired) electrons. The molecule has 3 heteroatoms. The van der Waals surface area contributed by atoms with E-state index in [0.29, 0.717) is 0 Å². The zero-order chi connectivity index (χ0) is 42.1. The summed E-state index contributed by atoms with van der Waals surface area (Å²) in [5, 5.41) is 0. The molecule has 0 unspecified atom stereocenters. The van der Waals surface area contributed by atoms with Gasteiger partial charge >= 0.3 is 0 Å². The molecule has 0 amide bonds. The quantitative estimate of drug-likeness (QED) is 0.161. The summed E-state index contributed by atoms with van der Waals surface area (Å²) >= 11 is 0. The molecule has 12 rings (SSSR count). The minimum atomic E-state index is -0.473. The lowest BCUT2D eigenvalue weighted by molar-refractivity contribution is 0.660. The number of hydrogen-bond acceptors (Lipinski definition) is 3. The predicted octanol–water partition coefficient (Wildman–Crippen LogP) is 15.1. The number of benzene rings is 9. The van der Waals surface area contributed by atoms with Gasteiger partial charge in [-0.15, -0.1) is 0 Å². The summed E-state index contributed by atoms with van der Waals surface area (Å²) in [5.41, 5.74) is 21.2. The summed E-state index contributed by atoms with van der Waals surface area (Å²) in [6.45, 7) is 4.68. The highest BCUT2D eigenvalue weighted by Crippen LogP contribution is 2.56. The van der Waals surface area contributed by atoms with Crippen LogP contribution in [0.4, 0.5) is 17.1 Å². The van der Waals surface area contributed by atoms with E-state index >= 15 is 0 Å². The van der Waals surface area contributed by atoms with Crippen LogP contribution in [0.15, 0.2) is 224 Å². The van der Waals surface area contributed by atoms with E-state index < -0.39 is 5.41 Å². The first-order valence-electron chi connectivity index (χ1n) is 21.8. The molecule has 0 spiro atoms. The predicted molar refractivity (Wildman–Crippen MR) is 260 cm³/mol. The zero-order valence-electron chi connectivity index (χ0n) is 35.2. The van der Waals surface area contributed by atoms with Gasteiger partial charge < -0.3 is 4.90 Å². The lowest BCUT2D eigenvalue weighted by Crippen LogP contribution is -2.28. The highest BCUT2D eigenvalue weighted by atomic mass is 15.1. The van der Waals surface area contributed by atoms with Crippen molar-refractivity contribution < 1.29 is 0 Å². The van der Waals surface area contributed by atoms with Gasteiger partial charge in [0.2, 0.25) is 0 Å². The second-order valence-electron chi connectivity index (χ2n) is 17.3. The average molecular weight is 806 g/mol. The number of fused-ring (bicyclic) bond motifs is 7. The summed E-state index contributed by atoms with van der Waals surface area (Å²) in [5.74, 6) is 0. The molecule has 3 nitrogen and oxygen atoms in total. The first kappa shape index (κ1) is 36.9. The monoisotopic (exact) mass is 805 g/mol. The Balaban J connectivity index is 1.03. The minimum Gasteiger partial charge on any atom is -0.310 e. The zero-order valence-corrected chi connectivity index (χ0v) is 35.2. The van der Waals surface area contributed by atoms with Crippen LogP contribution in [-0.2, 0) is 10.8 Å². The van der Waals surface area contributed by atoms with Gasteiger partial charge in [0.25, 0.3) is 0 Å². The Kier molecular flexibility index (Phi) is 8.42. The van der Waals surface area contributed by atoms with Gasteiger partial charge in [-0.25, -0.2) is 9.97 Å². The Bertz CT molecular complexity index is 3310. The fourth-order valence-electron chi connectivity index (χ4n) is 10.6. The van der Waals surface area contributed by atoms with Gasteiger partial charge in [-0.3, -0.25) is 0 Å². The number of rotatable bonds is 7. The van der Waals surface area contributed by atoms with Crippen LogP contribution < -0.4 is 4.90 Å². The van der Waals surface area contributed by atoms with Crippen LogP contribution >= 0.6 is 0 Å². The van der Waals surface area contributed by atoms with Crippen molar-refractivity contribution >= 4 is 28.1 Å². The molecule has 0 N–H and O–H groups in total. The minimum absolute atomic E-state index is 0.0877. The van der Waals surface area contributed by atoms with Crippen LogP contribution in [0.3, 0.4) is 0 Å². The fourth-order valence-corrected chi connectivity index (χ4v) is 10.6. The Labute approximate surface area is 368 Å². The first-order valence-corrected chi connectivity index (χ1v) is 21.8. The topological polar surface area (TPSA) is 29.0 Å². The molecular weight excluding hydrogens is 763 g/mol. The second-order valence-corrected chi connectivity index (χ2v) is 17.3. The van der Waals surface area contributed by atoms with E-state index in [4.69, 9.17) is 9.97 Å². The molecule has 2 aliphatic rings. The average Bonchev–Trinajstić information content (AvgIpc) is 3.78. The van der Waals surface area contributed by atoms with E-state index in [1.165, 1.54) is 55.6 Å². The van der Waals surface area contributed by atoms with E-state index in [1.807, 2.05) is 30.3 Å². The van der Waals surface area contributed by atoms with Gasteiger partial charge in [0.15, 0.2) is 0 Å². The first-order chi connectivity index (χ1) is 31.0. The normalized spacial score (nSPS) is 13.8. The molecule has 0 fully saturated rings. The summed E-state index contributed by atoms with van der Waals surface area (Å²) < 4.78 is 0. The Hall–Kier alpha value is -7.88. The lowest BCUT2D eigenvalue weighted by Gasteiger charge is -2.34. The van der Waals surface area contributed by atoms with Crippen LogP contribution in [0, 0.1) is 0 Å². The fraction of sp³-hybridized carbons (Fsp3) is 0.0667. The third kappa shape index (κ3) is 5.66. The number of nitrogens with zero attached hydrogens (tertiary/aromatic N) is 3. The summed E-state index contributed by atoms with van der Waals surface area (Å²) in [6, 6.07) is 81.5. The van der Waals surface area contributed by atoms with Crippen LogP contribution in [0.1, 0.15) is 47.2 Å².